The minimum Gasteiger partial charge on any atom is -0.366 e. The molecule has 0 saturated heterocycles. The van der Waals surface area contributed by atoms with Crippen LogP contribution in [0.5, 0.6) is 0 Å². The van der Waals surface area contributed by atoms with Gasteiger partial charge in [0.05, 0.1) is 19.6 Å². The van der Waals surface area contributed by atoms with Crippen LogP contribution in [0.1, 0.15) is 0 Å². The van der Waals surface area contributed by atoms with Crippen LogP contribution in [0.3, 0.4) is 0 Å². The highest BCUT2D eigenvalue weighted by Crippen LogP contribution is 2.35. The van der Waals surface area contributed by atoms with Gasteiger partial charge in [-0.05, 0) is 35.4 Å². The van der Waals surface area contributed by atoms with Crippen LogP contribution in [-0.4, -0.2) is 26.8 Å². The van der Waals surface area contributed by atoms with E-state index in [9.17, 15) is 16.8 Å². The molecular formula is C26H20N2O4S2. The first-order valence-electron chi connectivity index (χ1n) is 10.4. The fourth-order valence-electron chi connectivity index (χ4n) is 3.88. The third kappa shape index (κ3) is 3.76. The van der Waals surface area contributed by atoms with Gasteiger partial charge in [-0.25, -0.2) is 16.8 Å². The molecule has 0 spiro atoms. The Morgan fingerprint density at radius 3 is 1.15 bits per heavy atom. The molecule has 2 heterocycles. The Hall–Kier alpha value is -3.88. The van der Waals surface area contributed by atoms with E-state index < -0.39 is 19.7 Å². The van der Waals surface area contributed by atoms with Gasteiger partial charge >= 0.3 is 0 Å². The largest absolute Gasteiger partial charge is 0.366 e. The third-order valence-corrected chi connectivity index (χ3v) is 9.23. The second-order valence-corrected chi connectivity index (χ2v) is 11.5. The topological polar surface area (TPSA) is 99.9 Å². The minimum atomic E-state index is -3.70. The molecule has 2 N–H and O–H groups in total. The van der Waals surface area contributed by atoms with Crippen molar-refractivity contribution in [2.24, 2.45) is 0 Å². The fraction of sp³-hybridized carbons (Fsp3) is 0. The molecule has 0 aliphatic carbocycles. The van der Waals surface area contributed by atoms with Crippen LogP contribution in [0, 0.1) is 0 Å². The second kappa shape index (κ2) is 8.48. The fourth-order valence-corrected chi connectivity index (χ4v) is 6.80. The van der Waals surface area contributed by atoms with E-state index in [2.05, 4.69) is 9.97 Å². The number of rotatable bonds is 6. The van der Waals surface area contributed by atoms with E-state index in [1.54, 1.807) is 97.3 Å². The van der Waals surface area contributed by atoms with Gasteiger partial charge in [0.1, 0.15) is 0 Å². The van der Waals surface area contributed by atoms with Crippen molar-refractivity contribution in [1.29, 1.82) is 0 Å². The summed E-state index contributed by atoms with van der Waals surface area (Å²) < 4.78 is 52.6. The zero-order chi connectivity index (χ0) is 23.8. The van der Waals surface area contributed by atoms with Gasteiger partial charge in [0.15, 0.2) is 0 Å². The average Bonchev–Trinajstić information content (AvgIpc) is 3.56. The van der Waals surface area contributed by atoms with E-state index in [0.29, 0.717) is 22.3 Å². The van der Waals surface area contributed by atoms with Crippen molar-refractivity contribution in [3.63, 3.8) is 0 Å². The van der Waals surface area contributed by atoms with Gasteiger partial charge in [0.2, 0.25) is 19.7 Å². The summed E-state index contributed by atoms with van der Waals surface area (Å²) in [6.45, 7) is 0. The maximum Gasteiger partial charge on any atom is 0.208 e. The Bertz CT molecular complexity index is 1520. The van der Waals surface area contributed by atoms with Crippen molar-refractivity contribution in [2.75, 3.05) is 0 Å². The van der Waals surface area contributed by atoms with Crippen LogP contribution >= 0.6 is 0 Å². The summed E-state index contributed by atoms with van der Waals surface area (Å²) in [6.07, 6.45) is 6.24. The molecule has 0 radical (unpaired) electrons. The molecule has 0 unspecified atom stereocenters. The SMILES string of the molecule is O=S(=O)(c1ccccc1)c1c[nH]cc1-c1ccc(-c2c[nH]cc2S(=O)(=O)c2ccccc2)cc1. The van der Waals surface area contributed by atoms with Gasteiger partial charge in [0, 0.05) is 35.9 Å². The molecule has 0 atom stereocenters. The molecule has 2 aromatic heterocycles. The highest BCUT2D eigenvalue weighted by Gasteiger charge is 2.24. The second-order valence-electron chi connectivity index (χ2n) is 7.68. The zero-order valence-electron chi connectivity index (χ0n) is 17.8. The molecule has 5 aromatic rings. The number of aromatic amines is 2. The van der Waals surface area contributed by atoms with Crippen LogP contribution in [0.2, 0.25) is 0 Å². The first-order chi connectivity index (χ1) is 16.4. The van der Waals surface area contributed by atoms with E-state index in [-0.39, 0.29) is 19.6 Å². The van der Waals surface area contributed by atoms with Crippen molar-refractivity contribution in [3.8, 4) is 22.3 Å². The molecular weight excluding hydrogens is 468 g/mol. The van der Waals surface area contributed by atoms with Crippen molar-refractivity contribution in [2.45, 2.75) is 19.6 Å². The number of benzene rings is 3. The summed E-state index contributed by atoms with van der Waals surface area (Å²) in [6, 6.07) is 23.7. The van der Waals surface area contributed by atoms with Crippen molar-refractivity contribution in [1.82, 2.24) is 9.97 Å². The molecule has 8 heteroatoms. The number of aromatic nitrogens is 2. The lowest BCUT2D eigenvalue weighted by Gasteiger charge is -2.09. The Balaban J connectivity index is 1.52. The lowest BCUT2D eigenvalue weighted by molar-refractivity contribution is 0.594. The highest BCUT2D eigenvalue weighted by atomic mass is 32.2. The Morgan fingerprint density at radius 1 is 0.441 bits per heavy atom. The lowest BCUT2D eigenvalue weighted by atomic mass is 10.0. The normalized spacial score (nSPS) is 12.0. The monoisotopic (exact) mass is 488 g/mol. The Labute approximate surface area is 197 Å². The molecule has 34 heavy (non-hydrogen) atoms. The molecule has 0 aliphatic heterocycles. The minimum absolute atomic E-state index is 0.181. The van der Waals surface area contributed by atoms with Gasteiger partial charge in [-0.3, -0.25) is 0 Å². The van der Waals surface area contributed by atoms with Crippen molar-refractivity contribution < 1.29 is 16.8 Å². The van der Waals surface area contributed by atoms with Gasteiger partial charge in [-0.15, -0.1) is 0 Å². The van der Waals surface area contributed by atoms with Gasteiger partial charge in [-0.1, -0.05) is 60.7 Å². The molecule has 0 amide bonds. The number of sulfone groups is 2. The van der Waals surface area contributed by atoms with Crippen LogP contribution in [0.15, 0.2) is 129 Å². The number of hydrogen-bond donors (Lipinski definition) is 2. The molecule has 0 saturated carbocycles. The lowest BCUT2D eigenvalue weighted by Crippen LogP contribution is -2.02. The maximum atomic E-state index is 13.1. The Kier molecular flexibility index (Phi) is 5.47. The first kappa shape index (κ1) is 21.9. The molecule has 6 nitrogen and oxygen atoms in total. The quantitative estimate of drug-likeness (QED) is 0.337. The number of nitrogens with one attached hydrogen (secondary N) is 2. The molecule has 0 bridgehead atoms. The Morgan fingerprint density at radius 2 is 0.794 bits per heavy atom. The van der Waals surface area contributed by atoms with Crippen molar-refractivity contribution in [3.05, 3.63) is 110 Å². The van der Waals surface area contributed by atoms with Gasteiger partial charge < -0.3 is 9.97 Å². The van der Waals surface area contributed by atoms with Crippen LogP contribution in [0.4, 0.5) is 0 Å². The van der Waals surface area contributed by atoms with Crippen LogP contribution in [-0.2, 0) is 19.7 Å². The van der Waals surface area contributed by atoms with Crippen molar-refractivity contribution >= 4 is 19.7 Å². The standard InChI is InChI=1S/C26H20N2O4S2/c29-33(30,21-7-3-1-4-8-21)25-17-27-15-23(25)19-11-13-20(14-12-19)24-16-28-18-26(24)34(31,32)22-9-5-2-6-10-22/h1-18,27-28H. The molecule has 170 valence electrons. The zero-order valence-corrected chi connectivity index (χ0v) is 19.5. The summed E-state index contributed by atoms with van der Waals surface area (Å²) in [4.78, 5) is 6.60. The number of hydrogen-bond acceptors (Lipinski definition) is 4. The highest BCUT2D eigenvalue weighted by molar-refractivity contribution is 7.92. The van der Waals surface area contributed by atoms with Gasteiger partial charge in [0.25, 0.3) is 0 Å². The summed E-state index contributed by atoms with van der Waals surface area (Å²) >= 11 is 0. The summed E-state index contributed by atoms with van der Waals surface area (Å²) in [5.74, 6) is 0. The molecule has 0 aliphatic rings. The molecule has 0 fully saturated rings. The molecule has 3 aromatic carbocycles. The third-order valence-electron chi connectivity index (χ3n) is 5.61. The van der Waals surface area contributed by atoms with E-state index in [1.165, 1.54) is 12.4 Å². The van der Waals surface area contributed by atoms with E-state index in [1.807, 2.05) is 0 Å². The maximum absolute atomic E-state index is 13.1. The summed E-state index contributed by atoms with van der Waals surface area (Å²) in [5, 5.41) is 0. The van der Waals surface area contributed by atoms with Crippen LogP contribution < -0.4 is 0 Å². The van der Waals surface area contributed by atoms with E-state index in [0.717, 1.165) is 0 Å². The predicted octanol–water partition coefficient (Wildman–Crippen LogP) is 5.34. The van der Waals surface area contributed by atoms with Crippen LogP contribution in [0.25, 0.3) is 22.3 Å². The molecule has 5 rings (SSSR count). The predicted molar refractivity (Wildman–Crippen MR) is 130 cm³/mol. The van der Waals surface area contributed by atoms with Gasteiger partial charge in [-0.2, -0.15) is 0 Å². The summed E-state index contributed by atoms with van der Waals surface area (Å²) in [7, 11) is -7.40. The van der Waals surface area contributed by atoms with E-state index >= 15 is 0 Å². The average molecular weight is 489 g/mol. The number of H-pyrrole nitrogens is 2. The first-order valence-corrected chi connectivity index (χ1v) is 13.4. The summed E-state index contributed by atoms with van der Waals surface area (Å²) in [5.41, 5.74) is 2.48. The smallest absolute Gasteiger partial charge is 0.208 e. The van der Waals surface area contributed by atoms with E-state index in [4.69, 9.17) is 0 Å².